The molecule has 0 bridgehead atoms. The van der Waals surface area contributed by atoms with Crippen LogP contribution in [-0.4, -0.2) is 27.1 Å². The van der Waals surface area contributed by atoms with Gasteiger partial charge in [-0.3, -0.25) is 9.10 Å². The number of benzene rings is 2. The Morgan fingerprint density at radius 1 is 1.08 bits per heavy atom. The van der Waals surface area contributed by atoms with Gasteiger partial charge in [-0.15, -0.1) is 0 Å². The highest BCUT2D eigenvalue weighted by Gasteiger charge is 2.24. The maximum atomic E-state index is 12.4. The number of carbonyl (C=O) groups is 1. The molecule has 0 aliphatic rings. The van der Waals surface area contributed by atoms with Gasteiger partial charge < -0.3 is 5.32 Å². The van der Waals surface area contributed by atoms with Gasteiger partial charge in [0.2, 0.25) is 15.9 Å². The average Bonchev–Trinajstić information content (AvgIpc) is 2.49. The van der Waals surface area contributed by atoms with Crippen molar-refractivity contribution in [3.63, 3.8) is 0 Å². The number of sulfonamides is 1. The third-order valence-corrected chi connectivity index (χ3v) is 5.53. The summed E-state index contributed by atoms with van der Waals surface area (Å²) in [6.45, 7) is 3.23. The standard InChI is InChI=1S/C17H18Cl2N2O3S/c1-11-6-4-7-12(2)17(11)21(25(3,23)24)10-15(22)20-14-9-5-8-13(18)16(14)19/h4-9H,10H2,1-3H3,(H,20,22). The molecule has 0 aromatic heterocycles. The van der Waals surface area contributed by atoms with Crippen LogP contribution >= 0.6 is 23.2 Å². The Bertz CT molecular complexity index is 894. The molecule has 0 spiro atoms. The number of halogens is 2. The van der Waals surface area contributed by atoms with Crippen molar-refractivity contribution in [1.29, 1.82) is 0 Å². The zero-order valence-corrected chi connectivity index (χ0v) is 16.3. The molecule has 0 saturated carbocycles. The number of nitrogens with one attached hydrogen (secondary N) is 1. The molecule has 134 valence electrons. The van der Waals surface area contributed by atoms with Gasteiger partial charge >= 0.3 is 0 Å². The molecule has 1 N–H and O–H groups in total. The number of para-hydroxylation sites is 1. The number of amides is 1. The zero-order valence-electron chi connectivity index (χ0n) is 14.0. The molecule has 0 unspecified atom stereocenters. The molecule has 0 radical (unpaired) electrons. The molecule has 25 heavy (non-hydrogen) atoms. The molecule has 2 aromatic carbocycles. The molecule has 0 fully saturated rings. The monoisotopic (exact) mass is 400 g/mol. The number of hydrogen-bond donors (Lipinski definition) is 1. The SMILES string of the molecule is Cc1cccc(C)c1N(CC(=O)Nc1cccc(Cl)c1Cl)S(C)(=O)=O. The van der Waals surface area contributed by atoms with Crippen LogP contribution in [0.3, 0.4) is 0 Å². The van der Waals surface area contributed by atoms with Crippen molar-refractivity contribution in [3.05, 3.63) is 57.6 Å². The lowest BCUT2D eigenvalue weighted by Gasteiger charge is -2.25. The van der Waals surface area contributed by atoms with Crippen LogP contribution in [0.4, 0.5) is 11.4 Å². The van der Waals surface area contributed by atoms with Gasteiger partial charge in [-0.2, -0.15) is 0 Å². The maximum absolute atomic E-state index is 12.4. The Morgan fingerprint density at radius 2 is 1.64 bits per heavy atom. The summed E-state index contributed by atoms with van der Waals surface area (Å²) in [6, 6.07) is 10.3. The summed E-state index contributed by atoms with van der Waals surface area (Å²) in [6.07, 6.45) is 1.07. The Kier molecular flexibility index (Phi) is 5.98. The van der Waals surface area contributed by atoms with Gasteiger partial charge in [-0.1, -0.05) is 47.5 Å². The van der Waals surface area contributed by atoms with E-state index in [1.807, 2.05) is 6.07 Å². The fourth-order valence-electron chi connectivity index (χ4n) is 2.48. The van der Waals surface area contributed by atoms with Crippen LogP contribution in [0.25, 0.3) is 0 Å². The van der Waals surface area contributed by atoms with Gasteiger partial charge in [-0.05, 0) is 37.1 Å². The van der Waals surface area contributed by atoms with E-state index in [0.29, 0.717) is 16.4 Å². The van der Waals surface area contributed by atoms with Gasteiger partial charge in [0.25, 0.3) is 0 Å². The lowest BCUT2D eigenvalue weighted by Crippen LogP contribution is -2.38. The van der Waals surface area contributed by atoms with Crippen molar-refractivity contribution in [3.8, 4) is 0 Å². The van der Waals surface area contributed by atoms with Gasteiger partial charge in [0.15, 0.2) is 0 Å². The number of nitrogens with zero attached hydrogens (tertiary/aromatic N) is 1. The molecule has 8 heteroatoms. The smallest absolute Gasteiger partial charge is 0.245 e. The minimum absolute atomic E-state index is 0.204. The number of aryl methyl sites for hydroxylation is 2. The molecule has 0 heterocycles. The lowest BCUT2D eigenvalue weighted by molar-refractivity contribution is -0.114. The van der Waals surface area contributed by atoms with Crippen molar-refractivity contribution in [2.45, 2.75) is 13.8 Å². The summed E-state index contributed by atoms with van der Waals surface area (Å²) in [7, 11) is -3.66. The number of rotatable bonds is 5. The van der Waals surface area contributed by atoms with Gasteiger partial charge in [-0.25, -0.2) is 8.42 Å². The number of anilines is 2. The van der Waals surface area contributed by atoms with E-state index in [0.717, 1.165) is 21.7 Å². The molecule has 5 nitrogen and oxygen atoms in total. The van der Waals surface area contributed by atoms with Crippen molar-refractivity contribution < 1.29 is 13.2 Å². The highest BCUT2D eigenvalue weighted by Crippen LogP contribution is 2.30. The second-order valence-electron chi connectivity index (χ2n) is 5.66. The first-order valence-corrected chi connectivity index (χ1v) is 9.99. The normalized spacial score (nSPS) is 11.2. The van der Waals surface area contributed by atoms with Crippen molar-refractivity contribution in [2.24, 2.45) is 0 Å². The predicted octanol–water partition coefficient (Wildman–Crippen LogP) is 4.01. The topological polar surface area (TPSA) is 66.5 Å². The van der Waals surface area contributed by atoms with E-state index in [4.69, 9.17) is 23.2 Å². The first-order chi connectivity index (χ1) is 11.6. The Morgan fingerprint density at radius 3 is 2.20 bits per heavy atom. The molecule has 0 saturated heterocycles. The first-order valence-electron chi connectivity index (χ1n) is 7.39. The highest BCUT2D eigenvalue weighted by atomic mass is 35.5. The Labute approximate surface area is 157 Å². The van der Waals surface area contributed by atoms with Crippen LogP contribution in [0.2, 0.25) is 10.0 Å². The van der Waals surface area contributed by atoms with Crippen molar-refractivity contribution >= 4 is 50.5 Å². The van der Waals surface area contributed by atoms with Gasteiger partial charge in [0.05, 0.1) is 27.7 Å². The molecular weight excluding hydrogens is 383 g/mol. The number of hydrogen-bond acceptors (Lipinski definition) is 3. The minimum atomic E-state index is -3.66. The van der Waals surface area contributed by atoms with Crippen LogP contribution in [0.1, 0.15) is 11.1 Å². The summed E-state index contributed by atoms with van der Waals surface area (Å²) in [4.78, 5) is 12.4. The molecule has 2 aromatic rings. The summed E-state index contributed by atoms with van der Waals surface area (Å²) in [5, 5.41) is 3.11. The zero-order chi connectivity index (χ0) is 18.8. The molecular formula is C17H18Cl2N2O3S. The Hall–Kier alpha value is -1.76. The van der Waals surface area contributed by atoms with Crippen LogP contribution in [-0.2, 0) is 14.8 Å². The van der Waals surface area contributed by atoms with Gasteiger partial charge in [0, 0.05) is 0 Å². The summed E-state index contributed by atoms with van der Waals surface area (Å²) >= 11 is 12.0. The van der Waals surface area contributed by atoms with Crippen LogP contribution < -0.4 is 9.62 Å². The quantitative estimate of drug-likeness (QED) is 0.823. The molecule has 0 aliphatic heterocycles. The molecule has 0 atom stereocenters. The van der Waals surface area contributed by atoms with E-state index >= 15 is 0 Å². The highest BCUT2D eigenvalue weighted by molar-refractivity contribution is 7.92. The third-order valence-electron chi connectivity index (χ3n) is 3.60. The van der Waals surface area contributed by atoms with Crippen LogP contribution in [0.5, 0.6) is 0 Å². The van der Waals surface area contributed by atoms with Crippen LogP contribution in [0, 0.1) is 13.8 Å². The first kappa shape index (κ1) is 19.6. The lowest BCUT2D eigenvalue weighted by atomic mass is 10.1. The van der Waals surface area contributed by atoms with E-state index in [2.05, 4.69) is 5.32 Å². The van der Waals surface area contributed by atoms with E-state index in [9.17, 15) is 13.2 Å². The van der Waals surface area contributed by atoms with Crippen molar-refractivity contribution in [1.82, 2.24) is 0 Å². The molecule has 0 aliphatic carbocycles. The second-order valence-corrected chi connectivity index (χ2v) is 8.35. The predicted molar refractivity (Wildman–Crippen MR) is 103 cm³/mol. The van der Waals surface area contributed by atoms with Crippen molar-refractivity contribution in [2.75, 3.05) is 22.4 Å². The summed E-state index contributed by atoms with van der Waals surface area (Å²) in [5.74, 6) is -0.516. The van der Waals surface area contributed by atoms with Gasteiger partial charge in [0.1, 0.15) is 6.54 Å². The summed E-state index contributed by atoms with van der Waals surface area (Å²) in [5.41, 5.74) is 2.35. The van der Waals surface area contributed by atoms with E-state index in [1.54, 1.807) is 44.2 Å². The fraction of sp³-hybridized carbons (Fsp3) is 0.235. The van der Waals surface area contributed by atoms with E-state index in [1.165, 1.54) is 0 Å². The average molecular weight is 401 g/mol. The third kappa shape index (κ3) is 4.66. The maximum Gasteiger partial charge on any atom is 0.245 e. The van der Waals surface area contributed by atoms with Crippen LogP contribution in [0.15, 0.2) is 36.4 Å². The Balaban J connectivity index is 2.33. The van der Waals surface area contributed by atoms with E-state index < -0.39 is 15.9 Å². The van der Waals surface area contributed by atoms with E-state index in [-0.39, 0.29) is 11.6 Å². The largest absolute Gasteiger partial charge is 0.323 e. The molecule has 2 rings (SSSR count). The molecule has 1 amide bonds. The summed E-state index contributed by atoms with van der Waals surface area (Å²) < 4.78 is 25.6. The fourth-order valence-corrected chi connectivity index (χ4v) is 3.80. The minimum Gasteiger partial charge on any atom is -0.323 e. The second kappa shape index (κ2) is 7.64. The number of carbonyl (C=O) groups excluding carboxylic acids is 1.